The van der Waals surface area contributed by atoms with E-state index in [2.05, 4.69) is 46.7 Å². The molecule has 1 saturated heterocycles. The molecule has 4 rings (SSSR count). The van der Waals surface area contributed by atoms with E-state index in [0.29, 0.717) is 38.2 Å². The number of aromatic hydroxyl groups is 1. The summed E-state index contributed by atoms with van der Waals surface area (Å²) in [6, 6.07) is 8.46. The Balaban J connectivity index is 1.63. The van der Waals surface area contributed by atoms with Crippen molar-refractivity contribution in [3.8, 4) is 5.75 Å². The zero-order chi connectivity index (χ0) is 24.9. The van der Waals surface area contributed by atoms with Gasteiger partial charge in [-0.3, -0.25) is 10.1 Å². The number of non-ortho nitro benzene ring substituents is 1. The molecule has 0 spiro atoms. The van der Waals surface area contributed by atoms with Gasteiger partial charge < -0.3 is 20.1 Å². The zero-order valence-electron chi connectivity index (χ0n) is 19.0. The Morgan fingerprint density at radius 1 is 1.17 bits per heavy atom. The topological polar surface area (TPSA) is 151 Å². The number of ether oxygens (including phenoxy) is 1. The van der Waals surface area contributed by atoms with Gasteiger partial charge in [0.05, 0.1) is 28.8 Å². The van der Waals surface area contributed by atoms with Gasteiger partial charge in [0.25, 0.3) is 5.69 Å². The molecule has 1 aliphatic rings. The average Bonchev–Trinajstić information content (AvgIpc) is 2.84. The van der Waals surface area contributed by atoms with Crippen molar-refractivity contribution in [1.82, 2.24) is 15.0 Å². The predicted octanol–water partition coefficient (Wildman–Crippen LogP) is 3.89. The van der Waals surface area contributed by atoms with Crippen LogP contribution in [0, 0.1) is 24.0 Å². The van der Waals surface area contributed by atoms with E-state index < -0.39 is 4.92 Å². The number of nitrogens with zero attached hydrogens (tertiary/aromatic N) is 6. The maximum absolute atomic E-state index is 11.1. The first-order valence-corrected chi connectivity index (χ1v) is 11.5. The molecule has 2 heterocycles. The normalized spacial score (nSPS) is 13.7. The van der Waals surface area contributed by atoms with Crippen molar-refractivity contribution >= 4 is 51.4 Å². The number of aromatic nitrogens is 3. The number of nitrogens with one attached hydrogen (secondary N) is 2. The summed E-state index contributed by atoms with van der Waals surface area (Å²) in [5.74, 6) is 0.765. The highest BCUT2D eigenvalue weighted by atomic mass is 79.9. The first-order chi connectivity index (χ1) is 16.8. The molecule has 12 nitrogen and oxygen atoms in total. The smallest absolute Gasteiger partial charge is 0.271 e. The van der Waals surface area contributed by atoms with Crippen LogP contribution in [0.2, 0.25) is 0 Å². The van der Waals surface area contributed by atoms with E-state index in [9.17, 15) is 15.2 Å². The summed E-state index contributed by atoms with van der Waals surface area (Å²) in [4.78, 5) is 26.0. The number of nitro groups is 1. The van der Waals surface area contributed by atoms with Crippen LogP contribution in [0.1, 0.15) is 16.7 Å². The number of aryl methyl sites for hydroxylation is 2. The van der Waals surface area contributed by atoms with Crippen molar-refractivity contribution in [2.24, 2.45) is 5.10 Å². The Morgan fingerprint density at radius 3 is 2.66 bits per heavy atom. The number of benzene rings is 2. The van der Waals surface area contributed by atoms with Gasteiger partial charge in [0.2, 0.25) is 17.8 Å². The molecule has 0 radical (unpaired) electrons. The van der Waals surface area contributed by atoms with Crippen LogP contribution in [0.25, 0.3) is 0 Å². The van der Waals surface area contributed by atoms with Crippen LogP contribution in [-0.2, 0) is 4.74 Å². The van der Waals surface area contributed by atoms with Gasteiger partial charge in [-0.2, -0.15) is 20.1 Å². The van der Waals surface area contributed by atoms with E-state index in [1.165, 1.54) is 18.3 Å². The summed E-state index contributed by atoms with van der Waals surface area (Å²) in [5.41, 5.74) is 5.68. The lowest BCUT2D eigenvalue weighted by Crippen LogP contribution is -2.37. The Labute approximate surface area is 209 Å². The van der Waals surface area contributed by atoms with Crippen LogP contribution in [0.5, 0.6) is 5.75 Å². The molecular formula is C22H23BrN8O4. The van der Waals surface area contributed by atoms with Gasteiger partial charge in [-0.15, -0.1) is 0 Å². The number of hydrazone groups is 1. The van der Waals surface area contributed by atoms with Crippen molar-refractivity contribution in [1.29, 1.82) is 0 Å². The highest BCUT2D eigenvalue weighted by molar-refractivity contribution is 9.10. The average molecular weight is 543 g/mol. The van der Waals surface area contributed by atoms with Crippen LogP contribution in [0.3, 0.4) is 0 Å². The molecule has 0 saturated carbocycles. The Kier molecular flexibility index (Phi) is 7.36. The second-order valence-corrected chi connectivity index (χ2v) is 8.67. The van der Waals surface area contributed by atoms with Gasteiger partial charge in [0.1, 0.15) is 5.75 Å². The van der Waals surface area contributed by atoms with Crippen LogP contribution < -0.4 is 15.6 Å². The third-order valence-electron chi connectivity index (χ3n) is 5.21. The highest BCUT2D eigenvalue weighted by Gasteiger charge is 2.17. The molecule has 1 aliphatic heterocycles. The fourth-order valence-electron chi connectivity index (χ4n) is 3.34. The number of nitro benzene ring substituents is 1. The molecule has 2 aromatic carbocycles. The lowest BCUT2D eigenvalue weighted by atomic mass is 10.1. The molecule has 182 valence electrons. The fraction of sp³-hybridized carbons (Fsp3) is 0.273. The molecule has 0 atom stereocenters. The maximum atomic E-state index is 11.1. The highest BCUT2D eigenvalue weighted by Crippen LogP contribution is 2.31. The van der Waals surface area contributed by atoms with Gasteiger partial charge in [0.15, 0.2) is 0 Å². The molecule has 0 unspecified atom stereocenters. The maximum Gasteiger partial charge on any atom is 0.271 e. The van der Waals surface area contributed by atoms with Crippen LogP contribution >= 0.6 is 15.9 Å². The number of phenolic OH excluding ortho intramolecular Hbond substituents is 1. The summed E-state index contributed by atoms with van der Waals surface area (Å²) in [6.07, 6.45) is 1.25. The lowest BCUT2D eigenvalue weighted by molar-refractivity contribution is -0.385. The Bertz CT molecular complexity index is 1280. The lowest BCUT2D eigenvalue weighted by Gasteiger charge is -2.27. The van der Waals surface area contributed by atoms with Crippen LogP contribution in [-0.4, -0.2) is 57.5 Å². The number of halogens is 1. The number of hydrogen-bond donors (Lipinski definition) is 3. The molecule has 13 heteroatoms. The number of phenols is 1. The zero-order valence-corrected chi connectivity index (χ0v) is 20.6. The van der Waals surface area contributed by atoms with Gasteiger partial charge in [0, 0.05) is 36.5 Å². The first kappa shape index (κ1) is 24.3. The molecule has 0 aliphatic carbocycles. The first-order valence-electron chi connectivity index (χ1n) is 10.7. The number of anilines is 4. The molecule has 1 fully saturated rings. The van der Waals surface area contributed by atoms with E-state index in [-0.39, 0.29) is 27.4 Å². The Hall–Kier alpha value is -3.84. The summed E-state index contributed by atoms with van der Waals surface area (Å²) in [7, 11) is 0. The molecule has 35 heavy (non-hydrogen) atoms. The van der Waals surface area contributed by atoms with Crippen molar-refractivity contribution < 1.29 is 14.8 Å². The van der Waals surface area contributed by atoms with Crippen molar-refractivity contribution in [3.05, 3.63) is 61.6 Å². The summed E-state index contributed by atoms with van der Waals surface area (Å²) < 4.78 is 5.61. The van der Waals surface area contributed by atoms with E-state index in [0.717, 1.165) is 16.8 Å². The van der Waals surface area contributed by atoms with E-state index >= 15 is 0 Å². The molecule has 1 aromatic heterocycles. The van der Waals surface area contributed by atoms with Gasteiger partial charge in [-0.25, -0.2) is 5.43 Å². The third kappa shape index (κ3) is 6.00. The molecule has 0 bridgehead atoms. The summed E-state index contributed by atoms with van der Waals surface area (Å²) in [6.45, 7) is 6.37. The number of morpholine rings is 1. The Morgan fingerprint density at radius 2 is 1.91 bits per heavy atom. The van der Waals surface area contributed by atoms with E-state index in [1.54, 1.807) is 0 Å². The molecular weight excluding hydrogens is 520 g/mol. The van der Waals surface area contributed by atoms with Crippen molar-refractivity contribution in [3.63, 3.8) is 0 Å². The second kappa shape index (κ2) is 10.6. The SMILES string of the molecule is Cc1ccc(C)c(Nc2nc(N/N=C\c3cc([N+](=O)[O-])cc(Br)c3O)nc(N3CCOCC3)n2)c1. The second-order valence-electron chi connectivity index (χ2n) is 7.82. The standard InChI is InChI=1S/C22H23BrN8O4/c1-13-3-4-14(2)18(9-13)25-20-26-21(28-22(27-20)30-5-7-35-8-6-30)29-24-12-15-10-16(31(33)34)11-17(23)19(15)32/h3-4,9-12,32H,5-8H2,1-2H3,(H2,25,26,27,28,29)/b24-12-. The van der Waals surface area contributed by atoms with Crippen molar-refractivity contribution in [2.75, 3.05) is 41.9 Å². The van der Waals surface area contributed by atoms with Gasteiger partial charge in [-0.1, -0.05) is 12.1 Å². The minimum Gasteiger partial charge on any atom is -0.506 e. The summed E-state index contributed by atoms with van der Waals surface area (Å²) in [5, 5.41) is 28.7. The third-order valence-corrected chi connectivity index (χ3v) is 5.82. The molecule has 3 N–H and O–H groups in total. The summed E-state index contributed by atoms with van der Waals surface area (Å²) >= 11 is 3.11. The quantitative estimate of drug-likeness (QED) is 0.227. The van der Waals surface area contributed by atoms with Crippen LogP contribution in [0.15, 0.2) is 39.9 Å². The monoisotopic (exact) mass is 542 g/mol. The minimum absolute atomic E-state index is 0.148. The minimum atomic E-state index is -0.555. The van der Waals surface area contributed by atoms with E-state index in [1.807, 2.05) is 36.9 Å². The van der Waals surface area contributed by atoms with Gasteiger partial charge in [-0.05, 0) is 47.0 Å². The predicted molar refractivity (Wildman–Crippen MR) is 136 cm³/mol. The van der Waals surface area contributed by atoms with E-state index in [4.69, 9.17) is 4.74 Å². The molecule has 0 amide bonds. The van der Waals surface area contributed by atoms with Crippen molar-refractivity contribution in [2.45, 2.75) is 13.8 Å². The number of hydrogen-bond acceptors (Lipinski definition) is 11. The molecule has 3 aromatic rings. The van der Waals surface area contributed by atoms with Gasteiger partial charge >= 0.3 is 0 Å². The fourth-order valence-corrected chi connectivity index (χ4v) is 3.80. The number of rotatable bonds is 7. The largest absolute Gasteiger partial charge is 0.506 e. The van der Waals surface area contributed by atoms with Crippen LogP contribution in [0.4, 0.5) is 29.2 Å².